The largest absolute Gasteiger partial charge is 0.349 e. The maximum Gasteiger partial charge on any atom is 0.270 e. The molecule has 6 nitrogen and oxygen atoms in total. The third-order valence-electron chi connectivity index (χ3n) is 5.94. The van der Waals surface area contributed by atoms with Crippen LogP contribution in [0.1, 0.15) is 61.8 Å². The smallest absolute Gasteiger partial charge is 0.270 e. The van der Waals surface area contributed by atoms with Gasteiger partial charge in [-0.3, -0.25) is 4.79 Å². The summed E-state index contributed by atoms with van der Waals surface area (Å²) in [5.74, 6) is -0.110. The van der Waals surface area contributed by atoms with E-state index < -0.39 is 0 Å². The monoisotopic (exact) mass is 419 g/mol. The topological polar surface area (TPSA) is 62.5 Å². The number of amides is 1. The normalized spacial score (nSPS) is 15.4. The van der Waals surface area contributed by atoms with Gasteiger partial charge < -0.3 is 10.2 Å². The number of aryl methyl sites for hydroxylation is 1. The zero-order chi connectivity index (χ0) is 22.0. The summed E-state index contributed by atoms with van der Waals surface area (Å²) in [4.78, 5) is 20.4. The van der Waals surface area contributed by atoms with Crippen molar-refractivity contribution in [1.82, 2.24) is 24.8 Å². The molecule has 31 heavy (non-hydrogen) atoms. The molecule has 0 spiro atoms. The summed E-state index contributed by atoms with van der Waals surface area (Å²) in [7, 11) is 0. The van der Waals surface area contributed by atoms with E-state index >= 15 is 0 Å². The molecule has 1 saturated heterocycles. The van der Waals surface area contributed by atoms with Crippen LogP contribution >= 0.6 is 0 Å². The first-order valence-electron chi connectivity index (χ1n) is 11.3. The first kappa shape index (κ1) is 21.5. The van der Waals surface area contributed by atoms with Gasteiger partial charge in [-0.25, -0.2) is 9.50 Å². The van der Waals surface area contributed by atoms with Crippen molar-refractivity contribution in [2.24, 2.45) is 0 Å². The fourth-order valence-corrected chi connectivity index (χ4v) is 3.98. The van der Waals surface area contributed by atoms with Crippen molar-refractivity contribution in [2.45, 2.75) is 52.4 Å². The summed E-state index contributed by atoms with van der Waals surface area (Å²) < 4.78 is 1.69. The van der Waals surface area contributed by atoms with Crippen LogP contribution in [0.4, 0.5) is 0 Å². The Hall–Kier alpha value is -2.73. The fraction of sp³-hybridized carbons (Fsp3) is 0.480. The Morgan fingerprint density at radius 2 is 1.77 bits per heavy atom. The van der Waals surface area contributed by atoms with E-state index in [-0.39, 0.29) is 11.3 Å². The molecule has 3 aromatic rings. The Morgan fingerprint density at radius 3 is 2.45 bits per heavy atom. The quantitative estimate of drug-likeness (QED) is 0.673. The number of fused-ring (bicyclic) bond motifs is 1. The van der Waals surface area contributed by atoms with Gasteiger partial charge in [-0.1, -0.05) is 57.0 Å². The molecular formula is C25H33N5O. The minimum absolute atomic E-state index is 0.110. The van der Waals surface area contributed by atoms with Gasteiger partial charge in [0.25, 0.3) is 5.91 Å². The molecule has 0 atom stereocenters. The number of hydrogen-bond acceptors (Lipinski definition) is 4. The maximum atomic E-state index is 13.2. The van der Waals surface area contributed by atoms with E-state index in [1.807, 2.05) is 24.3 Å². The highest BCUT2D eigenvalue weighted by atomic mass is 16.2. The molecule has 1 fully saturated rings. The number of carbonyl (C=O) groups is 1. The Bertz CT molecular complexity index is 1060. The first-order chi connectivity index (χ1) is 14.8. The second kappa shape index (κ2) is 8.79. The van der Waals surface area contributed by atoms with Gasteiger partial charge in [-0.05, 0) is 38.9 Å². The van der Waals surface area contributed by atoms with Crippen LogP contribution in [0.3, 0.4) is 0 Å². The molecule has 1 amide bonds. The van der Waals surface area contributed by atoms with Crippen molar-refractivity contribution < 1.29 is 4.79 Å². The average molecular weight is 420 g/mol. The lowest BCUT2D eigenvalue weighted by Gasteiger charge is -2.26. The van der Waals surface area contributed by atoms with Gasteiger partial charge in [-0.2, -0.15) is 5.10 Å². The Kier molecular flexibility index (Phi) is 6.10. The van der Waals surface area contributed by atoms with Gasteiger partial charge in [0.2, 0.25) is 0 Å². The van der Waals surface area contributed by atoms with Crippen molar-refractivity contribution in [2.75, 3.05) is 26.2 Å². The minimum Gasteiger partial charge on any atom is -0.349 e. The summed E-state index contributed by atoms with van der Waals surface area (Å²) in [6.45, 7) is 12.2. The van der Waals surface area contributed by atoms with Gasteiger partial charge in [0.15, 0.2) is 5.65 Å². The number of benzene rings is 1. The molecule has 1 aliphatic rings. The van der Waals surface area contributed by atoms with Crippen molar-refractivity contribution in [3.63, 3.8) is 0 Å². The van der Waals surface area contributed by atoms with Crippen LogP contribution in [-0.4, -0.2) is 51.6 Å². The molecule has 0 saturated carbocycles. The number of hydrogen-bond donors (Lipinski definition) is 1. The highest BCUT2D eigenvalue weighted by Gasteiger charge is 2.22. The number of nitrogens with zero attached hydrogens (tertiary/aromatic N) is 4. The number of carbonyl (C=O) groups excluding carboxylic acids is 1. The molecule has 0 bridgehead atoms. The summed E-state index contributed by atoms with van der Waals surface area (Å²) in [6, 6.07) is 12.1. The summed E-state index contributed by atoms with van der Waals surface area (Å²) in [5.41, 5.74) is 4.99. The Balaban J connectivity index is 1.64. The van der Waals surface area contributed by atoms with E-state index in [0.29, 0.717) is 17.9 Å². The van der Waals surface area contributed by atoms with E-state index in [0.717, 1.165) is 36.6 Å². The summed E-state index contributed by atoms with van der Waals surface area (Å²) >= 11 is 0. The molecule has 0 radical (unpaired) electrons. The van der Waals surface area contributed by atoms with Crippen LogP contribution in [0.2, 0.25) is 0 Å². The highest BCUT2D eigenvalue weighted by Crippen LogP contribution is 2.25. The lowest BCUT2D eigenvalue weighted by atomic mass is 9.93. The molecule has 6 heteroatoms. The van der Waals surface area contributed by atoms with Crippen LogP contribution in [0.15, 0.2) is 36.4 Å². The number of aromatic nitrogens is 3. The minimum atomic E-state index is -0.125. The standard InChI is InChI=1S/C25H33N5O/c1-18-8-10-19(11-9-18)20-16-21(24(31)26-12-15-29-13-6-5-7-14-29)30-23(27-20)17-22(28-30)25(2,3)4/h8-11,16-17H,5-7,12-15H2,1-4H3,(H,26,31). The predicted molar refractivity (Wildman–Crippen MR) is 124 cm³/mol. The number of likely N-dealkylation sites (tertiary alicyclic amines) is 1. The van der Waals surface area contributed by atoms with Crippen LogP contribution < -0.4 is 5.32 Å². The second-order valence-corrected chi connectivity index (χ2v) is 9.60. The van der Waals surface area contributed by atoms with Crippen LogP contribution in [-0.2, 0) is 5.41 Å². The zero-order valence-corrected chi connectivity index (χ0v) is 19.1. The molecule has 1 N–H and O–H groups in total. The lowest BCUT2D eigenvalue weighted by Crippen LogP contribution is -2.38. The van der Waals surface area contributed by atoms with Crippen LogP contribution in [0.25, 0.3) is 16.9 Å². The van der Waals surface area contributed by atoms with E-state index in [1.54, 1.807) is 4.52 Å². The highest BCUT2D eigenvalue weighted by molar-refractivity contribution is 5.94. The van der Waals surface area contributed by atoms with Crippen molar-refractivity contribution in [1.29, 1.82) is 0 Å². The molecule has 4 rings (SSSR count). The molecule has 1 aliphatic heterocycles. The number of nitrogens with one attached hydrogen (secondary N) is 1. The molecule has 0 aliphatic carbocycles. The number of piperidine rings is 1. The maximum absolute atomic E-state index is 13.2. The molecule has 0 unspecified atom stereocenters. The number of rotatable bonds is 5. The molecular weight excluding hydrogens is 386 g/mol. The van der Waals surface area contributed by atoms with Crippen molar-refractivity contribution in [3.8, 4) is 11.3 Å². The Morgan fingerprint density at radius 1 is 1.06 bits per heavy atom. The van der Waals surface area contributed by atoms with Gasteiger partial charge in [0, 0.05) is 30.1 Å². The molecule has 2 aromatic heterocycles. The van der Waals surface area contributed by atoms with E-state index in [2.05, 4.69) is 50.0 Å². The third kappa shape index (κ3) is 4.96. The predicted octanol–water partition coefficient (Wildman–Crippen LogP) is 4.22. The lowest BCUT2D eigenvalue weighted by molar-refractivity contribution is 0.0939. The van der Waals surface area contributed by atoms with Gasteiger partial charge >= 0.3 is 0 Å². The second-order valence-electron chi connectivity index (χ2n) is 9.60. The van der Waals surface area contributed by atoms with Crippen LogP contribution in [0.5, 0.6) is 0 Å². The SMILES string of the molecule is Cc1ccc(-c2cc(C(=O)NCCN3CCCCC3)n3nc(C(C)(C)C)cc3n2)cc1. The zero-order valence-electron chi connectivity index (χ0n) is 19.1. The Labute approximate surface area is 184 Å². The molecule has 1 aromatic carbocycles. The van der Waals surface area contributed by atoms with Crippen molar-refractivity contribution in [3.05, 3.63) is 53.3 Å². The average Bonchev–Trinajstić information content (AvgIpc) is 3.19. The van der Waals surface area contributed by atoms with Crippen LogP contribution in [0, 0.1) is 6.92 Å². The fourth-order valence-electron chi connectivity index (χ4n) is 3.98. The van der Waals surface area contributed by atoms with Gasteiger partial charge in [-0.15, -0.1) is 0 Å². The van der Waals surface area contributed by atoms with E-state index in [1.165, 1.54) is 24.8 Å². The summed E-state index contributed by atoms with van der Waals surface area (Å²) in [6.07, 6.45) is 3.82. The third-order valence-corrected chi connectivity index (χ3v) is 5.94. The molecule has 3 heterocycles. The molecule has 164 valence electrons. The first-order valence-corrected chi connectivity index (χ1v) is 11.3. The summed E-state index contributed by atoms with van der Waals surface area (Å²) in [5, 5.41) is 7.84. The van der Waals surface area contributed by atoms with Crippen molar-refractivity contribution >= 4 is 11.6 Å². The van der Waals surface area contributed by atoms with Gasteiger partial charge in [0.1, 0.15) is 5.69 Å². The van der Waals surface area contributed by atoms with E-state index in [4.69, 9.17) is 10.1 Å². The van der Waals surface area contributed by atoms with Gasteiger partial charge in [0.05, 0.1) is 11.4 Å². The van der Waals surface area contributed by atoms with E-state index in [9.17, 15) is 4.79 Å².